The first-order valence-corrected chi connectivity index (χ1v) is 7.70. The summed E-state index contributed by atoms with van der Waals surface area (Å²) in [6, 6.07) is 11.7. The summed E-state index contributed by atoms with van der Waals surface area (Å²) >= 11 is 0. The Labute approximate surface area is 149 Å². The number of nitrogens with one attached hydrogen (secondary N) is 2. The fourth-order valence-electron chi connectivity index (χ4n) is 2.24. The van der Waals surface area contributed by atoms with Gasteiger partial charge < -0.3 is 16.2 Å². The van der Waals surface area contributed by atoms with Crippen LogP contribution < -0.4 is 16.4 Å². The molecule has 0 aliphatic rings. The predicted molar refractivity (Wildman–Crippen MR) is 95.5 cm³/mol. The fraction of sp³-hybridized carbons (Fsp3) is 0.176. The average molecular weight is 358 g/mol. The van der Waals surface area contributed by atoms with Gasteiger partial charge in [0, 0.05) is 18.7 Å². The molecule has 1 unspecified atom stereocenters. The molecule has 9 heteroatoms. The third-order valence-corrected chi connectivity index (χ3v) is 3.60. The number of nitrogens with two attached hydrogens (primary N) is 1. The third kappa shape index (κ3) is 5.28. The number of nitrogen functional groups attached to an aromatic ring is 1. The van der Waals surface area contributed by atoms with Gasteiger partial charge in [-0.25, -0.2) is 0 Å². The molecule has 2 aromatic carbocycles. The second-order valence-corrected chi connectivity index (χ2v) is 5.54. The Morgan fingerprint density at radius 3 is 2.50 bits per heavy atom. The van der Waals surface area contributed by atoms with Crippen molar-refractivity contribution in [1.29, 1.82) is 0 Å². The summed E-state index contributed by atoms with van der Waals surface area (Å²) in [6.07, 6.45) is -0.357. The Balaban J connectivity index is 2.00. The van der Waals surface area contributed by atoms with Crippen molar-refractivity contribution in [3.63, 3.8) is 0 Å². The number of carboxylic acids is 1. The zero-order chi connectivity index (χ0) is 19.1. The molecular formula is C17H18N4O5. The van der Waals surface area contributed by atoms with E-state index in [1.165, 1.54) is 12.1 Å². The van der Waals surface area contributed by atoms with Gasteiger partial charge in [-0.1, -0.05) is 30.3 Å². The van der Waals surface area contributed by atoms with E-state index < -0.39 is 22.8 Å². The summed E-state index contributed by atoms with van der Waals surface area (Å²) in [6.45, 7) is 0.282. The van der Waals surface area contributed by atoms with E-state index in [0.717, 1.165) is 11.6 Å². The van der Waals surface area contributed by atoms with E-state index >= 15 is 0 Å². The number of aliphatic carboxylic acids is 1. The average Bonchev–Trinajstić information content (AvgIpc) is 2.61. The predicted octanol–water partition coefficient (Wildman–Crippen LogP) is 1.75. The fourth-order valence-corrected chi connectivity index (χ4v) is 2.24. The van der Waals surface area contributed by atoms with Crippen LogP contribution in [0.2, 0.25) is 0 Å². The molecule has 26 heavy (non-hydrogen) atoms. The van der Waals surface area contributed by atoms with Gasteiger partial charge in [0.15, 0.2) is 0 Å². The van der Waals surface area contributed by atoms with Gasteiger partial charge >= 0.3 is 5.97 Å². The first kappa shape index (κ1) is 18.9. The molecule has 0 fully saturated rings. The number of carbonyl (C=O) groups is 2. The molecular weight excluding hydrogens is 340 g/mol. The summed E-state index contributed by atoms with van der Waals surface area (Å²) in [5, 5.41) is 25.3. The Morgan fingerprint density at radius 2 is 1.88 bits per heavy atom. The van der Waals surface area contributed by atoms with Gasteiger partial charge in [0.05, 0.1) is 22.7 Å². The van der Waals surface area contributed by atoms with Gasteiger partial charge in [-0.15, -0.1) is 0 Å². The molecule has 0 aliphatic heterocycles. The van der Waals surface area contributed by atoms with Crippen molar-refractivity contribution in [2.24, 2.45) is 0 Å². The first-order chi connectivity index (χ1) is 12.4. The minimum Gasteiger partial charge on any atom is -0.480 e. The maximum Gasteiger partial charge on any atom is 0.321 e. The number of nitro benzene ring substituents is 1. The lowest BCUT2D eigenvalue weighted by atomic mass is 10.1. The van der Waals surface area contributed by atoms with Crippen LogP contribution in [0.5, 0.6) is 0 Å². The van der Waals surface area contributed by atoms with E-state index in [9.17, 15) is 24.8 Å². The lowest BCUT2D eigenvalue weighted by Crippen LogP contribution is -2.39. The van der Waals surface area contributed by atoms with Crippen LogP contribution >= 0.6 is 0 Å². The summed E-state index contributed by atoms with van der Waals surface area (Å²) in [7, 11) is 0. The second-order valence-electron chi connectivity index (χ2n) is 5.54. The topological polar surface area (TPSA) is 148 Å². The molecule has 1 amide bonds. The SMILES string of the molecule is Nc1ccc([N+](=O)[O-])cc1NC(=O)CC(NCc1ccccc1)C(=O)O. The monoisotopic (exact) mass is 358 g/mol. The molecule has 0 bridgehead atoms. The molecule has 2 rings (SSSR count). The van der Waals surface area contributed by atoms with Crippen molar-refractivity contribution in [1.82, 2.24) is 5.32 Å². The quantitative estimate of drug-likeness (QED) is 0.319. The summed E-state index contributed by atoms with van der Waals surface area (Å²) < 4.78 is 0. The van der Waals surface area contributed by atoms with Crippen molar-refractivity contribution < 1.29 is 19.6 Å². The lowest BCUT2D eigenvalue weighted by molar-refractivity contribution is -0.384. The lowest BCUT2D eigenvalue weighted by Gasteiger charge is -2.15. The van der Waals surface area contributed by atoms with Crippen molar-refractivity contribution in [2.75, 3.05) is 11.1 Å². The number of anilines is 2. The summed E-state index contributed by atoms with van der Waals surface area (Å²) in [5.41, 5.74) is 6.55. The molecule has 0 saturated carbocycles. The molecule has 9 nitrogen and oxygen atoms in total. The Hall–Kier alpha value is -3.46. The highest BCUT2D eigenvalue weighted by Gasteiger charge is 2.21. The van der Waals surface area contributed by atoms with Gasteiger partial charge in [0.2, 0.25) is 5.91 Å². The van der Waals surface area contributed by atoms with Gasteiger partial charge in [-0.3, -0.25) is 25.0 Å². The number of hydrogen-bond donors (Lipinski definition) is 4. The number of nitrogens with zero attached hydrogens (tertiary/aromatic N) is 1. The highest BCUT2D eigenvalue weighted by Crippen LogP contribution is 2.24. The van der Waals surface area contributed by atoms with Crippen LogP contribution in [0.1, 0.15) is 12.0 Å². The zero-order valence-electron chi connectivity index (χ0n) is 13.7. The van der Waals surface area contributed by atoms with E-state index in [-0.39, 0.29) is 30.0 Å². The number of benzene rings is 2. The highest BCUT2D eigenvalue weighted by molar-refractivity contribution is 5.96. The van der Waals surface area contributed by atoms with E-state index in [2.05, 4.69) is 10.6 Å². The molecule has 2 aromatic rings. The molecule has 0 saturated heterocycles. The molecule has 0 spiro atoms. The molecule has 0 aromatic heterocycles. The Kier molecular flexibility index (Phi) is 6.23. The molecule has 136 valence electrons. The largest absolute Gasteiger partial charge is 0.480 e. The van der Waals surface area contributed by atoms with Gasteiger partial charge in [-0.2, -0.15) is 0 Å². The van der Waals surface area contributed by atoms with E-state index in [1.54, 1.807) is 0 Å². The van der Waals surface area contributed by atoms with Crippen molar-refractivity contribution in [3.8, 4) is 0 Å². The van der Waals surface area contributed by atoms with Gasteiger partial charge in [-0.05, 0) is 11.6 Å². The Morgan fingerprint density at radius 1 is 1.19 bits per heavy atom. The third-order valence-electron chi connectivity index (χ3n) is 3.60. The van der Waals surface area contributed by atoms with Crippen LogP contribution in [0.4, 0.5) is 17.1 Å². The molecule has 5 N–H and O–H groups in total. The normalized spacial score (nSPS) is 11.5. The maximum atomic E-state index is 12.1. The standard InChI is InChI=1S/C17H18N4O5/c18-13-7-6-12(21(25)26)8-14(13)20-16(22)9-15(17(23)24)19-10-11-4-2-1-3-5-11/h1-8,15,19H,9-10,18H2,(H,20,22)(H,23,24). The number of rotatable bonds is 8. The molecule has 1 atom stereocenters. The molecule has 0 radical (unpaired) electrons. The van der Waals surface area contributed by atoms with Gasteiger partial charge in [0.1, 0.15) is 6.04 Å². The van der Waals surface area contributed by atoms with Crippen LogP contribution in [0, 0.1) is 10.1 Å². The van der Waals surface area contributed by atoms with Crippen molar-refractivity contribution in [3.05, 3.63) is 64.2 Å². The highest BCUT2D eigenvalue weighted by atomic mass is 16.6. The Bertz CT molecular complexity index is 810. The van der Waals surface area contributed by atoms with Crippen LogP contribution in [0.25, 0.3) is 0 Å². The number of carbonyl (C=O) groups excluding carboxylic acids is 1. The van der Waals surface area contributed by atoms with Crippen LogP contribution in [0.15, 0.2) is 48.5 Å². The van der Waals surface area contributed by atoms with Crippen molar-refractivity contribution in [2.45, 2.75) is 19.0 Å². The van der Waals surface area contributed by atoms with Crippen LogP contribution in [-0.4, -0.2) is 27.9 Å². The van der Waals surface area contributed by atoms with E-state index in [4.69, 9.17) is 5.73 Å². The summed E-state index contributed by atoms with van der Waals surface area (Å²) in [5.74, 6) is -1.80. The number of amides is 1. The number of nitro groups is 1. The second kappa shape index (κ2) is 8.58. The minimum atomic E-state index is -1.18. The minimum absolute atomic E-state index is 0.0661. The van der Waals surface area contributed by atoms with Crippen LogP contribution in [0.3, 0.4) is 0 Å². The van der Waals surface area contributed by atoms with Crippen LogP contribution in [-0.2, 0) is 16.1 Å². The zero-order valence-corrected chi connectivity index (χ0v) is 13.7. The van der Waals surface area contributed by atoms with E-state index in [0.29, 0.717) is 0 Å². The summed E-state index contributed by atoms with van der Waals surface area (Å²) in [4.78, 5) is 33.7. The number of non-ortho nitro benzene ring substituents is 1. The smallest absolute Gasteiger partial charge is 0.321 e. The number of hydrogen-bond acceptors (Lipinski definition) is 6. The molecule has 0 aliphatic carbocycles. The van der Waals surface area contributed by atoms with Crippen molar-refractivity contribution >= 4 is 28.9 Å². The van der Waals surface area contributed by atoms with E-state index in [1.807, 2.05) is 30.3 Å². The van der Waals surface area contributed by atoms with Gasteiger partial charge in [0.25, 0.3) is 5.69 Å². The maximum absolute atomic E-state index is 12.1. The first-order valence-electron chi connectivity index (χ1n) is 7.70. The number of carboxylic acid groups (broad SMARTS) is 1. The molecule has 0 heterocycles.